The highest BCUT2D eigenvalue weighted by atomic mass is 19.4. The summed E-state index contributed by atoms with van der Waals surface area (Å²) in [5, 5.41) is 0. The molecule has 0 aliphatic rings. The molecule has 2 rings (SSSR count). The quantitative estimate of drug-likeness (QED) is 0.935. The molecule has 0 fully saturated rings. The summed E-state index contributed by atoms with van der Waals surface area (Å²) in [5.41, 5.74) is 5.56. The third kappa shape index (κ3) is 3.65. The van der Waals surface area contributed by atoms with E-state index in [1.165, 1.54) is 25.3 Å². The first kappa shape index (κ1) is 14.7. The average Bonchev–Trinajstić information content (AvgIpc) is 2.40. The number of aromatic nitrogens is 2. The predicted octanol–water partition coefficient (Wildman–Crippen LogP) is 2.76. The zero-order valence-corrected chi connectivity index (χ0v) is 10.7. The first-order valence-corrected chi connectivity index (χ1v) is 5.58. The molecule has 0 amide bonds. The van der Waals surface area contributed by atoms with Crippen LogP contribution in [0.3, 0.4) is 0 Å². The summed E-state index contributed by atoms with van der Waals surface area (Å²) in [7, 11) is 1.31. The van der Waals surface area contributed by atoms with Crippen LogP contribution in [0.4, 0.5) is 19.0 Å². The van der Waals surface area contributed by atoms with Gasteiger partial charge >= 0.3 is 6.36 Å². The topological polar surface area (TPSA) is 79.5 Å². The molecule has 1 aromatic heterocycles. The molecule has 0 saturated heterocycles. The van der Waals surface area contributed by atoms with Crippen molar-refractivity contribution in [1.82, 2.24) is 9.97 Å². The van der Waals surface area contributed by atoms with Crippen LogP contribution in [-0.2, 0) is 0 Å². The van der Waals surface area contributed by atoms with Crippen molar-refractivity contribution >= 4 is 5.82 Å². The van der Waals surface area contributed by atoms with Gasteiger partial charge in [0.1, 0.15) is 6.33 Å². The second-order valence-electron chi connectivity index (χ2n) is 3.69. The van der Waals surface area contributed by atoms with E-state index in [4.69, 9.17) is 15.2 Å². The Bertz CT molecular complexity index is 635. The molecule has 21 heavy (non-hydrogen) atoms. The maximum Gasteiger partial charge on any atom is 0.573 e. The monoisotopic (exact) mass is 301 g/mol. The fraction of sp³-hybridized carbons (Fsp3) is 0.167. The van der Waals surface area contributed by atoms with Gasteiger partial charge in [-0.25, -0.2) is 4.98 Å². The number of alkyl halides is 3. The van der Waals surface area contributed by atoms with Crippen LogP contribution in [0.2, 0.25) is 0 Å². The standard InChI is InChI=1S/C12H10F3N3O3/c1-19-9-10(16)17-6-18-11(9)20-7-4-2-3-5-8(7)21-12(13,14)15/h2-6H,1H3,(H2,16,17,18). The molecule has 0 radical (unpaired) electrons. The molecule has 0 spiro atoms. The van der Waals surface area contributed by atoms with Gasteiger partial charge in [0, 0.05) is 0 Å². The van der Waals surface area contributed by atoms with Gasteiger partial charge in [-0.15, -0.1) is 13.2 Å². The third-order valence-electron chi connectivity index (χ3n) is 2.28. The SMILES string of the molecule is COc1c(N)ncnc1Oc1ccccc1OC(F)(F)F. The average molecular weight is 301 g/mol. The number of para-hydroxylation sites is 2. The maximum absolute atomic E-state index is 12.3. The maximum atomic E-state index is 12.3. The van der Waals surface area contributed by atoms with Crippen molar-refractivity contribution in [1.29, 1.82) is 0 Å². The lowest BCUT2D eigenvalue weighted by Crippen LogP contribution is -2.17. The van der Waals surface area contributed by atoms with Crippen LogP contribution in [0.1, 0.15) is 0 Å². The molecule has 0 saturated carbocycles. The van der Waals surface area contributed by atoms with E-state index in [1.54, 1.807) is 0 Å². The first-order chi connectivity index (χ1) is 9.90. The first-order valence-electron chi connectivity index (χ1n) is 5.58. The predicted molar refractivity (Wildman–Crippen MR) is 66.2 cm³/mol. The van der Waals surface area contributed by atoms with Gasteiger partial charge in [-0.1, -0.05) is 12.1 Å². The number of nitrogens with zero attached hydrogens (tertiary/aromatic N) is 2. The van der Waals surface area contributed by atoms with E-state index in [9.17, 15) is 13.2 Å². The Labute approximate surface area is 117 Å². The Morgan fingerprint density at radius 2 is 1.76 bits per heavy atom. The Hall–Kier alpha value is -2.71. The molecule has 2 aromatic rings. The molecule has 0 aliphatic carbocycles. The van der Waals surface area contributed by atoms with Gasteiger partial charge in [0.25, 0.3) is 5.88 Å². The molecule has 1 heterocycles. The van der Waals surface area contributed by atoms with Crippen LogP contribution in [0.5, 0.6) is 23.1 Å². The van der Waals surface area contributed by atoms with Gasteiger partial charge in [0.2, 0.25) is 5.75 Å². The fourth-order valence-electron chi connectivity index (χ4n) is 1.48. The molecule has 6 nitrogen and oxygen atoms in total. The number of anilines is 1. The number of nitrogens with two attached hydrogens (primary N) is 1. The van der Waals surface area contributed by atoms with Crippen LogP contribution in [0.15, 0.2) is 30.6 Å². The molecule has 9 heteroatoms. The van der Waals surface area contributed by atoms with E-state index in [2.05, 4.69) is 14.7 Å². The number of methoxy groups -OCH3 is 1. The number of ether oxygens (including phenoxy) is 3. The summed E-state index contributed by atoms with van der Waals surface area (Å²) in [6, 6.07) is 5.26. The van der Waals surface area contributed by atoms with Gasteiger partial charge < -0.3 is 19.9 Å². The van der Waals surface area contributed by atoms with Crippen molar-refractivity contribution in [2.24, 2.45) is 0 Å². The zero-order valence-electron chi connectivity index (χ0n) is 10.7. The fourth-order valence-corrected chi connectivity index (χ4v) is 1.48. The summed E-state index contributed by atoms with van der Waals surface area (Å²) < 4.78 is 51.1. The van der Waals surface area contributed by atoms with E-state index in [1.807, 2.05) is 0 Å². The number of halogens is 3. The second kappa shape index (κ2) is 5.73. The minimum atomic E-state index is -4.84. The lowest BCUT2D eigenvalue weighted by atomic mass is 10.3. The molecular weight excluding hydrogens is 291 g/mol. The Morgan fingerprint density at radius 1 is 1.10 bits per heavy atom. The molecule has 0 bridgehead atoms. The van der Waals surface area contributed by atoms with Gasteiger partial charge in [0.15, 0.2) is 17.3 Å². The molecule has 1 aromatic carbocycles. The zero-order chi connectivity index (χ0) is 15.5. The van der Waals surface area contributed by atoms with Gasteiger partial charge in [-0.3, -0.25) is 0 Å². The third-order valence-corrected chi connectivity index (χ3v) is 2.28. The highest BCUT2D eigenvalue weighted by Gasteiger charge is 2.32. The van der Waals surface area contributed by atoms with E-state index in [0.29, 0.717) is 0 Å². The van der Waals surface area contributed by atoms with Crippen LogP contribution in [0.25, 0.3) is 0 Å². The molecule has 0 unspecified atom stereocenters. The van der Waals surface area contributed by atoms with Crippen molar-refractivity contribution in [3.05, 3.63) is 30.6 Å². The van der Waals surface area contributed by atoms with E-state index in [-0.39, 0.29) is 23.2 Å². The van der Waals surface area contributed by atoms with Gasteiger partial charge in [-0.2, -0.15) is 4.98 Å². The largest absolute Gasteiger partial charge is 0.573 e. The van der Waals surface area contributed by atoms with Crippen LogP contribution in [-0.4, -0.2) is 23.4 Å². The summed E-state index contributed by atoms with van der Waals surface area (Å²) in [6.07, 6.45) is -3.74. The van der Waals surface area contributed by atoms with E-state index < -0.39 is 12.1 Å². The van der Waals surface area contributed by atoms with E-state index in [0.717, 1.165) is 12.4 Å². The highest BCUT2D eigenvalue weighted by Crippen LogP contribution is 2.38. The molecule has 112 valence electrons. The summed E-state index contributed by atoms with van der Waals surface area (Å²) in [4.78, 5) is 7.45. The van der Waals surface area contributed by atoms with Crippen molar-refractivity contribution < 1.29 is 27.4 Å². The molecule has 0 aliphatic heterocycles. The van der Waals surface area contributed by atoms with Crippen LogP contribution >= 0.6 is 0 Å². The highest BCUT2D eigenvalue weighted by molar-refractivity contribution is 5.53. The van der Waals surface area contributed by atoms with E-state index >= 15 is 0 Å². The number of rotatable bonds is 4. The van der Waals surface area contributed by atoms with Crippen molar-refractivity contribution in [2.45, 2.75) is 6.36 Å². The van der Waals surface area contributed by atoms with Crippen LogP contribution < -0.4 is 19.9 Å². The smallest absolute Gasteiger partial charge is 0.489 e. The summed E-state index contributed by atoms with van der Waals surface area (Å²) in [6.45, 7) is 0. The molecule has 2 N–H and O–H groups in total. The number of hydrogen-bond acceptors (Lipinski definition) is 6. The summed E-state index contributed by atoms with van der Waals surface area (Å²) >= 11 is 0. The van der Waals surface area contributed by atoms with Crippen LogP contribution in [0, 0.1) is 0 Å². The number of nitrogen functional groups attached to an aromatic ring is 1. The van der Waals surface area contributed by atoms with Gasteiger partial charge in [-0.05, 0) is 12.1 Å². The normalized spacial score (nSPS) is 11.0. The number of benzene rings is 1. The minimum absolute atomic E-state index is 0.00304. The van der Waals surface area contributed by atoms with Crippen molar-refractivity contribution in [2.75, 3.05) is 12.8 Å². The minimum Gasteiger partial charge on any atom is -0.489 e. The Morgan fingerprint density at radius 3 is 2.38 bits per heavy atom. The molecular formula is C12H10F3N3O3. The molecule has 0 atom stereocenters. The van der Waals surface area contributed by atoms with Crippen molar-refractivity contribution in [3.8, 4) is 23.1 Å². The van der Waals surface area contributed by atoms with Gasteiger partial charge in [0.05, 0.1) is 7.11 Å². The Kier molecular flexibility index (Phi) is 4.01. The lowest BCUT2D eigenvalue weighted by molar-refractivity contribution is -0.275. The second-order valence-corrected chi connectivity index (χ2v) is 3.69. The van der Waals surface area contributed by atoms with Crippen molar-refractivity contribution in [3.63, 3.8) is 0 Å². The summed E-state index contributed by atoms with van der Waals surface area (Å²) in [5.74, 6) is -0.810. The Balaban J connectivity index is 2.34. The lowest BCUT2D eigenvalue weighted by Gasteiger charge is -2.14. The number of hydrogen-bond donors (Lipinski definition) is 1.